The molecule has 0 unspecified atom stereocenters. The third-order valence-electron chi connectivity index (χ3n) is 6.31. The van der Waals surface area contributed by atoms with Gasteiger partial charge >= 0.3 is 6.09 Å². The summed E-state index contributed by atoms with van der Waals surface area (Å²) in [4.78, 5) is 25.3. The average Bonchev–Trinajstić information content (AvgIpc) is 3.46. The molecule has 36 heavy (non-hydrogen) atoms. The quantitative estimate of drug-likeness (QED) is 0.341. The number of hydrogen-bond acceptors (Lipinski definition) is 5. The fraction of sp³-hybridized carbons (Fsp3) is 0.259. The van der Waals surface area contributed by atoms with Crippen molar-refractivity contribution in [2.24, 2.45) is 7.05 Å². The molecule has 2 aromatic carbocycles. The van der Waals surface area contributed by atoms with E-state index in [0.29, 0.717) is 55.4 Å². The summed E-state index contributed by atoms with van der Waals surface area (Å²) in [5.41, 5.74) is 3.29. The van der Waals surface area contributed by atoms with Crippen LogP contribution in [0.5, 0.6) is 11.5 Å². The van der Waals surface area contributed by atoms with E-state index >= 15 is 0 Å². The zero-order valence-electron chi connectivity index (χ0n) is 19.8. The molecule has 1 fully saturated rings. The van der Waals surface area contributed by atoms with Gasteiger partial charge in [-0.1, -0.05) is 18.2 Å². The molecule has 9 heteroatoms. The van der Waals surface area contributed by atoms with Crippen LogP contribution in [0, 0.1) is 0 Å². The molecule has 0 bridgehead atoms. The molecule has 2 amide bonds. The van der Waals surface area contributed by atoms with Gasteiger partial charge in [0.2, 0.25) is 0 Å². The number of carbonyl (C=O) groups is 2. The van der Waals surface area contributed by atoms with Gasteiger partial charge in [0, 0.05) is 44.7 Å². The number of thiophene rings is 1. The van der Waals surface area contributed by atoms with Crippen LogP contribution in [0.3, 0.4) is 0 Å². The third kappa shape index (κ3) is 5.31. The maximum atomic E-state index is 12.8. The normalized spacial score (nSPS) is 14.1. The Labute approximate surface area is 212 Å². The van der Waals surface area contributed by atoms with Crippen molar-refractivity contribution in [2.75, 3.05) is 18.4 Å². The van der Waals surface area contributed by atoms with Crippen molar-refractivity contribution in [3.8, 4) is 11.5 Å². The SMILES string of the molecule is Cn1c(C(=O)Nc2cccc(COc3cccc(OC4CCN(C(=O)O)CC4)c3)c2)cc2sccc21. The zero-order chi connectivity index (χ0) is 25.1. The van der Waals surface area contributed by atoms with Crippen LogP contribution in [-0.2, 0) is 13.7 Å². The molecule has 0 spiro atoms. The molecule has 2 aromatic heterocycles. The minimum atomic E-state index is -0.882. The Bertz CT molecular complexity index is 1390. The Morgan fingerprint density at radius 3 is 2.61 bits per heavy atom. The monoisotopic (exact) mass is 505 g/mol. The van der Waals surface area contributed by atoms with Gasteiger partial charge in [-0.25, -0.2) is 4.79 Å². The summed E-state index contributed by atoms with van der Waals surface area (Å²) < 4.78 is 15.0. The molecule has 3 heterocycles. The van der Waals surface area contributed by atoms with Crippen LogP contribution < -0.4 is 14.8 Å². The van der Waals surface area contributed by atoms with Crippen molar-refractivity contribution in [3.63, 3.8) is 0 Å². The Morgan fingerprint density at radius 2 is 1.83 bits per heavy atom. The molecule has 0 saturated carbocycles. The highest BCUT2D eigenvalue weighted by atomic mass is 32.1. The second kappa shape index (κ2) is 10.3. The van der Waals surface area contributed by atoms with E-state index in [1.54, 1.807) is 11.3 Å². The van der Waals surface area contributed by atoms with E-state index in [-0.39, 0.29) is 12.0 Å². The second-order valence-electron chi connectivity index (χ2n) is 8.76. The van der Waals surface area contributed by atoms with Gasteiger partial charge in [-0.05, 0) is 47.3 Å². The summed E-state index contributed by atoms with van der Waals surface area (Å²) in [6.45, 7) is 1.29. The van der Waals surface area contributed by atoms with Crippen LogP contribution >= 0.6 is 11.3 Å². The molecule has 4 aromatic rings. The number of aryl methyl sites for hydroxylation is 1. The van der Waals surface area contributed by atoms with Crippen LogP contribution in [0.4, 0.5) is 10.5 Å². The Kier molecular flexibility index (Phi) is 6.81. The van der Waals surface area contributed by atoms with E-state index in [1.165, 1.54) is 4.90 Å². The number of aromatic nitrogens is 1. The Hall–Kier alpha value is -3.98. The molecule has 1 aliphatic heterocycles. The lowest BCUT2D eigenvalue weighted by atomic mass is 10.1. The number of ether oxygens (including phenoxy) is 2. The Morgan fingerprint density at radius 1 is 1.06 bits per heavy atom. The average molecular weight is 506 g/mol. The highest BCUT2D eigenvalue weighted by Gasteiger charge is 2.23. The molecule has 1 saturated heterocycles. The maximum Gasteiger partial charge on any atom is 0.407 e. The summed E-state index contributed by atoms with van der Waals surface area (Å²) in [6.07, 6.45) is 0.427. The number of carbonyl (C=O) groups excluding carboxylic acids is 1. The lowest BCUT2D eigenvalue weighted by Gasteiger charge is -2.30. The number of carboxylic acid groups (broad SMARTS) is 1. The molecule has 5 rings (SSSR count). The highest BCUT2D eigenvalue weighted by molar-refractivity contribution is 7.17. The minimum absolute atomic E-state index is 0.0174. The number of nitrogens with one attached hydrogen (secondary N) is 1. The van der Waals surface area contributed by atoms with E-state index in [4.69, 9.17) is 14.6 Å². The predicted molar refractivity (Wildman–Crippen MR) is 139 cm³/mol. The van der Waals surface area contributed by atoms with Gasteiger partial charge in [0.05, 0.1) is 10.2 Å². The number of benzene rings is 2. The first-order valence-corrected chi connectivity index (χ1v) is 12.6. The lowest BCUT2D eigenvalue weighted by molar-refractivity contribution is 0.0892. The Balaban J connectivity index is 1.17. The van der Waals surface area contributed by atoms with E-state index in [0.717, 1.165) is 15.8 Å². The number of anilines is 1. The summed E-state index contributed by atoms with van der Waals surface area (Å²) in [5.74, 6) is 1.22. The van der Waals surface area contributed by atoms with Crippen LogP contribution in [0.2, 0.25) is 0 Å². The lowest BCUT2D eigenvalue weighted by Crippen LogP contribution is -2.41. The minimum Gasteiger partial charge on any atom is -0.490 e. The van der Waals surface area contributed by atoms with Crippen molar-refractivity contribution < 1.29 is 24.2 Å². The van der Waals surface area contributed by atoms with Gasteiger partial charge in [-0.3, -0.25) is 4.79 Å². The van der Waals surface area contributed by atoms with E-state index in [2.05, 4.69) is 5.32 Å². The predicted octanol–water partition coefficient (Wildman–Crippen LogP) is 5.59. The molecular weight excluding hydrogens is 478 g/mol. The first-order chi connectivity index (χ1) is 17.5. The van der Waals surface area contributed by atoms with Gasteiger partial charge in [0.1, 0.15) is 29.9 Å². The van der Waals surface area contributed by atoms with Crippen LogP contribution in [-0.4, -0.2) is 45.8 Å². The molecule has 186 valence electrons. The number of nitrogens with zero attached hydrogens (tertiary/aromatic N) is 2. The van der Waals surface area contributed by atoms with Crippen molar-refractivity contribution in [2.45, 2.75) is 25.6 Å². The summed E-state index contributed by atoms with van der Waals surface area (Å²) in [7, 11) is 1.89. The number of piperidine rings is 1. The van der Waals surface area contributed by atoms with Crippen molar-refractivity contribution in [1.82, 2.24) is 9.47 Å². The number of amides is 2. The van der Waals surface area contributed by atoms with Gasteiger partial charge in [-0.2, -0.15) is 0 Å². The fourth-order valence-electron chi connectivity index (χ4n) is 4.36. The first-order valence-electron chi connectivity index (χ1n) is 11.8. The fourth-order valence-corrected chi connectivity index (χ4v) is 5.21. The zero-order valence-corrected chi connectivity index (χ0v) is 20.7. The molecule has 0 atom stereocenters. The van der Waals surface area contributed by atoms with Gasteiger partial charge < -0.3 is 29.4 Å². The van der Waals surface area contributed by atoms with Crippen LogP contribution in [0.15, 0.2) is 66.0 Å². The van der Waals surface area contributed by atoms with Gasteiger partial charge in [0.15, 0.2) is 0 Å². The summed E-state index contributed by atoms with van der Waals surface area (Å²) in [5, 5.41) is 14.1. The summed E-state index contributed by atoms with van der Waals surface area (Å²) >= 11 is 1.62. The molecule has 1 aliphatic rings. The largest absolute Gasteiger partial charge is 0.490 e. The van der Waals surface area contributed by atoms with Crippen molar-refractivity contribution in [3.05, 3.63) is 77.3 Å². The topological polar surface area (TPSA) is 93.0 Å². The number of hydrogen-bond donors (Lipinski definition) is 2. The van der Waals surface area contributed by atoms with Crippen molar-refractivity contribution in [1.29, 1.82) is 0 Å². The standard InChI is InChI=1S/C27H27N3O5S/c1-29-23-10-13-36-25(23)16-24(29)26(31)28-19-5-2-4-18(14-19)17-34-21-6-3-7-22(15-21)35-20-8-11-30(12-9-20)27(32)33/h2-7,10,13-16,20H,8-9,11-12,17H2,1H3,(H,28,31)(H,32,33). The van der Waals surface area contributed by atoms with E-state index in [1.807, 2.05) is 77.7 Å². The van der Waals surface area contributed by atoms with Gasteiger partial charge in [-0.15, -0.1) is 11.3 Å². The molecule has 2 N–H and O–H groups in total. The summed E-state index contributed by atoms with van der Waals surface area (Å²) in [6, 6.07) is 19.0. The maximum absolute atomic E-state index is 12.8. The van der Waals surface area contributed by atoms with E-state index < -0.39 is 6.09 Å². The third-order valence-corrected chi connectivity index (χ3v) is 7.16. The highest BCUT2D eigenvalue weighted by Crippen LogP contribution is 2.26. The van der Waals surface area contributed by atoms with Crippen molar-refractivity contribution >= 4 is 39.2 Å². The number of rotatable bonds is 7. The number of likely N-dealkylation sites (tertiary alicyclic amines) is 1. The molecule has 0 aliphatic carbocycles. The smallest absolute Gasteiger partial charge is 0.407 e. The number of fused-ring (bicyclic) bond motifs is 1. The van der Waals surface area contributed by atoms with Crippen LogP contribution in [0.1, 0.15) is 28.9 Å². The first kappa shape index (κ1) is 23.7. The molecule has 0 radical (unpaired) electrons. The molecular formula is C27H27N3O5S. The molecule has 8 nitrogen and oxygen atoms in total. The van der Waals surface area contributed by atoms with Crippen LogP contribution in [0.25, 0.3) is 10.2 Å². The van der Waals surface area contributed by atoms with E-state index in [9.17, 15) is 9.59 Å². The second-order valence-corrected chi connectivity index (χ2v) is 9.71. The van der Waals surface area contributed by atoms with Gasteiger partial charge in [0.25, 0.3) is 5.91 Å².